The van der Waals surface area contributed by atoms with Gasteiger partial charge in [-0.25, -0.2) is 4.39 Å². The lowest BCUT2D eigenvalue weighted by molar-refractivity contribution is -0.380. The third-order valence-corrected chi connectivity index (χ3v) is 3.90. The van der Waals surface area contributed by atoms with Gasteiger partial charge in [-0.1, -0.05) is 23.5 Å². The molecule has 1 heterocycles. The van der Waals surface area contributed by atoms with Crippen molar-refractivity contribution < 1.29 is 9.31 Å². The van der Waals surface area contributed by atoms with E-state index in [2.05, 4.69) is 5.32 Å². The molecule has 0 bridgehead atoms. The predicted molar refractivity (Wildman–Crippen MR) is 77.4 cm³/mol. The third-order valence-electron chi connectivity index (χ3n) is 2.97. The van der Waals surface area contributed by atoms with E-state index in [4.69, 9.17) is 0 Å². The first-order valence-electron chi connectivity index (χ1n) is 6.15. The second kappa shape index (κ2) is 6.11. The van der Waals surface area contributed by atoms with Crippen molar-refractivity contribution >= 4 is 16.3 Å². The van der Waals surface area contributed by atoms with Crippen LogP contribution in [-0.2, 0) is 13.1 Å². The van der Waals surface area contributed by atoms with E-state index < -0.39 is 0 Å². The highest BCUT2D eigenvalue weighted by Gasteiger charge is 2.09. The van der Waals surface area contributed by atoms with E-state index in [0.29, 0.717) is 24.2 Å². The zero-order chi connectivity index (χ0) is 14.7. The number of nitro groups is 1. The van der Waals surface area contributed by atoms with Gasteiger partial charge in [-0.05, 0) is 36.1 Å². The van der Waals surface area contributed by atoms with E-state index in [-0.39, 0.29) is 15.7 Å². The van der Waals surface area contributed by atoms with Crippen molar-refractivity contribution in [2.24, 2.45) is 0 Å². The molecule has 0 saturated carbocycles. The van der Waals surface area contributed by atoms with Crippen LogP contribution in [0.4, 0.5) is 9.39 Å². The van der Waals surface area contributed by atoms with Crippen molar-refractivity contribution in [2.75, 3.05) is 0 Å². The number of halogens is 1. The molecule has 106 valence electrons. The van der Waals surface area contributed by atoms with Gasteiger partial charge >= 0.3 is 5.00 Å². The summed E-state index contributed by atoms with van der Waals surface area (Å²) in [6, 6.07) is 5.19. The standard InChI is InChI=1S/C14H15FN2O2S/c1-9-3-11(4-10(2)14(9)15)6-16-7-12-5-13(17(18)19)20-8-12/h3-5,8,16H,6-7H2,1-2H3. The van der Waals surface area contributed by atoms with E-state index in [0.717, 1.165) is 22.5 Å². The van der Waals surface area contributed by atoms with Gasteiger partial charge in [0.1, 0.15) is 5.82 Å². The lowest BCUT2D eigenvalue weighted by atomic mass is 10.1. The summed E-state index contributed by atoms with van der Waals surface area (Å²) >= 11 is 1.12. The van der Waals surface area contributed by atoms with Crippen LogP contribution in [0.5, 0.6) is 0 Å². The Hall–Kier alpha value is -1.79. The fourth-order valence-electron chi connectivity index (χ4n) is 2.04. The first-order valence-corrected chi connectivity index (χ1v) is 7.03. The summed E-state index contributed by atoms with van der Waals surface area (Å²) in [5.41, 5.74) is 3.16. The fraction of sp³-hybridized carbons (Fsp3) is 0.286. The number of hydrogen-bond acceptors (Lipinski definition) is 4. The molecule has 0 radical (unpaired) electrons. The predicted octanol–water partition coefficient (Wildman–Crippen LogP) is 3.70. The summed E-state index contributed by atoms with van der Waals surface area (Å²) in [5, 5.41) is 15.7. The normalized spacial score (nSPS) is 10.8. The van der Waals surface area contributed by atoms with Crippen molar-refractivity contribution in [3.8, 4) is 0 Å². The van der Waals surface area contributed by atoms with Crippen LogP contribution in [0, 0.1) is 29.8 Å². The Kier molecular flexibility index (Phi) is 4.46. The molecule has 0 unspecified atom stereocenters. The quantitative estimate of drug-likeness (QED) is 0.675. The van der Waals surface area contributed by atoms with E-state index >= 15 is 0 Å². The number of thiophene rings is 1. The molecule has 0 saturated heterocycles. The van der Waals surface area contributed by atoms with Crippen molar-refractivity contribution in [1.29, 1.82) is 0 Å². The molecule has 0 spiro atoms. The van der Waals surface area contributed by atoms with Crippen LogP contribution in [0.15, 0.2) is 23.6 Å². The summed E-state index contributed by atoms with van der Waals surface area (Å²) < 4.78 is 13.5. The highest BCUT2D eigenvalue weighted by atomic mass is 32.1. The van der Waals surface area contributed by atoms with Crippen molar-refractivity contribution in [2.45, 2.75) is 26.9 Å². The number of benzene rings is 1. The average Bonchev–Trinajstić information content (AvgIpc) is 2.85. The van der Waals surface area contributed by atoms with Crippen LogP contribution < -0.4 is 5.32 Å². The first-order chi connectivity index (χ1) is 9.47. The van der Waals surface area contributed by atoms with Crippen LogP contribution in [0.2, 0.25) is 0 Å². The summed E-state index contributed by atoms with van der Waals surface area (Å²) in [6.45, 7) is 4.65. The summed E-state index contributed by atoms with van der Waals surface area (Å²) in [7, 11) is 0. The van der Waals surface area contributed by atoms with Crippen molar-refractivity contribution in [3.63, 3.8) is 0 Å². The minimum atomic E-state index is -0.388. The van der Waals surface area contributed by atoms with Crippen molar-refractivity contribution in [3.05, 3.63) is 61.8 Å². The van der Waals surface area contributed by atoms with Crippen LogP contribution in [0.3, 0.4) is 0 Å². The van der Waals surface area contributed by atoms with Gasteiger partial charge in [-0.3, -0.25) is 10.1 Å². The molecule has 1 aromatic heterocycles. The Morgan fingerprint density at radius 1 is 1.20 bits per heavy atom. The minimum absolute atomic E-state index is 0.148. The Balaban J connectivity index is 1.94. The van der Waals surface area contributed by atoms with Crippen LogP contribution in [0.1, 0.15) is 22.3 Å². The maximum atomic E-state index is 13.5. The van der Waals surface area contributed by atoms with Crippen LogP contribution in [-0.4, -0.2) is 4.92 Å². The van der Waals surface area contributed by atoms with Gasteiger partial charge in [-0.2, -0.15) is 0 Å². The zero-order valence-corrected chi connectivity index (χ0v) is 12.1. The Morgan fingerprint density at radius 2 is 1.80 bits per heavy atom. The molecule has 4 nitrogen and oxygen atoms in total. The summed E-state index contributed by atoms with van der Waals surface area (Å²) in [4.78, 5) is 10.2. The van der Waals surface area contributed by atoms with Gasteiger partial charge in [-0.15, -0.1) is 0 Å². The molecular formula is C14H15FN2O2S. The highest BCUT2D eigenvalue weighted by Crippen LogP contribution is 2.22. The minimum Gasteiger partial charge on any atom is -0.309 e. The van der Waals surface area contributed by atoms with Gasteiger partial charge in [0.15, 0.2) is 0 Å². The molecule has 1 aromatic carbocycles. The molecule has 0 aliphatic rings. The Bertz CT molecular complexity index is 617. The molecule has 20 heavy (non-hydrogen) atoms. The van der Waals surface area contributed by atoms with E-state index in [1.165, 1.54) is 0 Å². The maximum Gasteiger partial charge on any atom is 0.324 e. The molecule has 0 fully saturated rings. The molecule has 0 atom stereocenters. The summed E-state index contributed by atoms with van der Waals surface area (Å²) in [6.07, 6.45) is 0. The number of nitrogens with one attached hydrogen (secondary N) is 1. The Labute approximate surface area is 120 Å². The Morgan fingerprint density at radius 3 is 2.35 bits per heavy atom. The van der Waals surface area contributed by atoms with Gasteiger partial charge < -0.3 is 5.32 Å². The third kappa shape index (κ3) is 3.40. The molecule has 0 amide bonds. The zero-order valence-electron chi connectivity index (χ0n) is 11.3. The fourth-order valence-corrected chi connectivity index (χ4v) is 2.77. The van der Waals surface area contributed by atoms with E-state index in [1.807, 2.05) is 12.1 Å². The van der Waals surface area contributed by atoms with Gasteiger partial charge in [0.05, 0.1) is 4.92 Å². The lowest BCUT2D eigenvalue weighted by Gasteiger charge is -2.07. The average molecular weight is 294 g/mol. The monoisotopic (exact) mass is 294 g/mol. The molecule has 2 aromatic rings. The largest absolute Gasteiger partial charge is 0.324 e. The van der Waals surface area contributed by atoms with Crippen LogP contribution in [0.25, 0.3) is 0 Å². The maximum absolute atomic E-state index is 13.5. The molecule has 6 heteroatoms. The van der Waals surface area contributed by atoms with E-state index in [1.54, 1.807) is 25.3 Å². The number of nitrogens with zero attached hydrogens (tertiary/aromatic N) is 1. The number of hydrogen-bond donors (Lipinski definition) is 1. The first kappa shape index (κ1) is 14.6. The lowest BCUT2D eigenvalue weighted by Crippen LogP contribution is -2.12. The summed E-state index contributed by atoms with van der Waals surface area (Å²) in [5.74, 6) is -0.165. The van der Waals surface area contributed by atoms with Gasteiger partial charge in [0, 0.05) is 24.5 Å². The van der Waals surface area contributed by atoms with Gasteiger partial charge in [0.2, 0.25) is 0 Å². The second-order valence-corrected chi connectivity index (χ2v) is 5.59. The topological polar surface area (TPSA) is 55.2 Å². The highest BCUT2D eigenvalue weighted by molar-refractivity contribution is 7.13. The number of rotatable bonds is 5. The molecule has 1 N–H and O–H groups in total. The second-order valence-electron chi connectivity index (χ2n) is 4.70. The van der Waals surface area contributed by atoms with Crippen LogP contribution >= 0.6 is 11.3 Å². The van der Waals surface area contributed by atoms with E-state index in [9.17, 15) is 14.5 Å². The van der Waals surface area contributed by atoms with Crippen molar-refractivity contribution in [1.82, 2.24) is 5.32 Å². The van der Waals surface area contributed by atoms with Gasteiger partial charge in [0.25, 0.3) is 0 Å². The molecule has 2 rings (SSSR count). The smallest absolute Gasteiger partial charge is 0.309 e. The number of aryl methyl sites for hydroxylation is 2. The molecule has 0 aliphatic carbocycles. The molecular weight excluding hydrogens is 279 g/mol. The molecule has 0 aliphatic heterocycles. The SMILES string of the molecule is Cc1cc(CNCc2csc([N+](=O)[O-])c2)cc(C)c1F.